The third-order valence-electron chi connectivity index (χ3n) is 6.39. The average Bonchev–Trinajstić information content (AvgIpc) is 2.98. The summed E-state index contributed by atoms with van der Waals surface area (Å²) in [7, 11) is 0. The molecule has 4 rings (SSSR count). The van der Waals surface area contributed by atoms with Crippen LogP contribution < -0.4 is 19.5 Å². The zero-order valence-electron chi connectivity index (χ0n) is 23.5. The normalized spacial score (nSPS) is 11.0. The first-order valence-corrected chi connectivity index (χ1v) is 14.8. The molecule has 4 aromatic rings. The molecule has 0 fully saturated rings. The Balaban J connectivity index is 1.44. The highest BCUT2D eigenvalue weighted by Crippen LogP contribution is 2.35. The zero-order valence-corrected chi connectivity index (χ0v) is 26.5. The van der Waals surface area contributed by atoms with E-state index in [4.69, 9.17) is 25.8 Å². The van der Waals surface area contributed by atoms with Crippen LogP contribution in [0, 0.1) is 28.7 Å². The van der Waals surface area contributed by atoms with E-state index < -0.39 is 5.91 Å². The number of carbonyl (C=O) groups excluding carboxylic acids is 1. The molecule has 0 unspecified atom stereocenters. The molecule has 0 aliphatic rings. The Hall–Kier alpha value is -4.00. The van der Waals surface area contributed by atoms with E-state index in [-0.39, 0.29) is 5.57 Å². The van der Waals surface area contributed by atoms with Gasteiger partial charge < -0.3 is 19.5 Å². The van der Waals surface area contributed by atoms with E-state index in [0.717, 1.165) is 14.7 Å². The van der Waals surface area contributed by atoms with Crippen LogP contribution in [0.5, 0.6) is 17.2 Å². The van der Waals surface area contributed by atoms with E-state index in [0.29, 0.717) is 53.3 Å². The summed E-state index contributed by atoms with van der Waals surface area (Å²) in [5.74, 6) is 1.30. The second-order valence-corrected chi connectivity index (χ2v) is 11.1. The Morgan fingerprint density at radius 1 is 0.905 bits per heavy atom. The highest BCUT2D eigenvalue weighted by molar-refractivity contribution is 14.1. The molecule has 0 heterocycles. The molecule has 0 radical (unpaired) electrons. The Kier molecular flexibility index (Phi) is 10.9. The summed E-state index contributed by atoms with van der Waals surface area (Å²) < 4.78 is 18.6. The van der Waals surface area contributed by atoms with Gasteiger partial charge in [0.05, 0.1) is 10.2 Å². The molecule has 0 aliphatic carbocycles. The molecular formula is C34H30ClIN2O4. The van der Waals surface area contributed by atoms with Crippen LogP contribution in [0.1, 0.15) is 34.7 Å². The molecule has 0 aromatic heterocycles. The van der Waals surface area contributed by atoms with Gasteiger partial charge in [0.2, 0.25) is 0 Å². The maximum atomic E-state index is 12.9. The molecule has 4 aromatic carbocycles. The summed E-state index contributed by atoms with van der Waals surface area (Å²) in [6.07, 6.45) is 1.54. The van der Waals surface area contributed by atoms with Crippen LogP contribution in [-0.2, 0) is 18.0 Å². The Morgan fingerprint density at radius 3 is 2.26 bits per heavy atom. The van der Waals surface area contributed by atoms with Crippen molar-refractivity contribution in [2.45, 2.75) is 34.0 Å². The Labute approximate surface area is 265 Å². The number of anilines is 1. The summed E-state index contributed by atoms with van der Waals surface area (Å²) in [6.45, 7) is 7.27. The molecule has 0 spiro atoms. The maximum Gasteiger partial charge on any atom is 0.266 e. The standard InChI is InChI=1S/C34H30ClIN2O4/c1-4-40-32-18-26(17-31(36)33(32)42-21-25-6-5-22(2)23(3)15-25)16-27(19-37)34(39)38-29-11-13-30(14-12-29)41-20-24-7-9-28(35)10-8-24/h5-18H,4,20-21H2,1-3H3,(H,38,39)/b27-16+. The van der Waals surface area contributed by atoms with Crippen LogP contribution in [0.25, 0.3) is 6.08 Å². The first-order valence-electron chi connectivity index (χ1n) is 13.3. The lowest BCUT2D eigenvalue weighted by atomic mass is 10.1. The minimum Gasteiger partial charge on any atom is -0.490 e. The smallest absolute Gasteiger partial charge is 0.266 e. The largest absolute Gasteiger partial charge is 0.490 e. The predicted molar refractivity (Wildman–Crippen MR) is 175 cm³/mol. The molecule has 214 valence electrons. The molecule has 0 saturated carbocycles. The topological polar surface area (TPSA) is 80.6 Å². The SMILES string of the molecule is CCOc1cc(/C=C(\C#N)C(=O)Nc2ccc(OCc3ccc(Cl)cc3)cc2)cc(I)c1OCc1ccc(C)c(C)c1. The summed E-state index contributed by atoms with van der Waals surface area (Å²) >= 11 is 8.11. The zero-order chi connectivity index (χ0) is 30.1. The van der Waals surface area contributed by atoms with Crippen molar-refractivity contribution in [3.63, 3.8) is 0 Å². The number of ether oxygens (including phenoxy) is 3. The number of aryl methyl sites for hydroxylation is 2. The van der Waals surface area contributed by atoms with Crippen molar-refractivity contribution in [2.75, 3.05) is 11.9 Å². The number of halogens is 2. The number of amides is 1. The lowest BCUT2D eigenvalue weighted by Gasteiger charge is -2.15. The van der Waals surface area contributed by atoms with E-state index in [9.17, 15) is 10.1 Å². The first-order chi connectivity index (χ1) is 20.2. The van der Waals surface area contributed by atoms with E-state index >= 15 is 0 Å². The van der Waals surface area contributed by atoms with Crippen molar-refractivity contribution in [1.82, 2.24) is 0 Å². The molecule has 1 N–H and O–H groups in total. The monoisotopic (exact) mass is 692 g/mol. The van der Waals surface area contributed by atoms with Crippen LogP contribution >= 0.6 is 34.2 Å². The van der Waals surface area contributed by atoms with E-state index in [2.05, 4.69) is 53.9 Å². The Bertz CT molecular complexity index is 1630. The maximum absolute atomic E-state index is 12.9. The minimum absolute atomic E-state index is 0.0416. The number of nitrogens with one attached hydrogen (secondary N) is 1. The number of carbonyl (C=O) groups is 1. The van der Waals surface area contributed by atoms with Crippen molar-refractivity contribution in [3.8, 4) is 23.3 Å². The molecule has 42 heavy (non-hydrogen) atoms. The van der Waals surface area contributed by atoms with Crippen molar-refractivity contribution in [1.29, 1.82) is 5.26 Å². The number of hydrogen-bond donors (Lipinski definition) is 1. The Morgan fingerprint density at radius 2 is 1.60 bits per heavy atom. The van der Waals surface area contributed by atoms with Crippen LogP contribution in [0.4, 0.5) is 5.69 Å². The van der Waals surface area contributed by atoms with Gasteiger partial charge in [-0.25, -0.2) is 0 Å². The molecule has 8 heteroatoms. The fourth-order valence-corrected chi connectivity index (χ4v) is 4.93. The molecule has 0 atom stereocenters. The number of benzene rings is 4. The van der Waals surface area contributed by atoms with E-state index in [1.165, 1.54) is 17.2 Å². The molecule has 0 bridgehead atoms. The highest BCUT2D eigenvalue weighted by Gasteiger charge is 2.15. The summed E-state index contributed by atoms with van der Waals surface area (Å²) in [5.41, 5.74) is 5.64. The molecule has 0 aliphatic heterocycles. The number of rotatable bonds is 11. The van der Waals surface area contributed by atoms with Gasteiger partial charge in [0.15, 0.2) is 11.5 Å². The van der Waals surface area contributed by atoms with Gasteiger partial charge in [-0.2, -0.15) is 5.26 Å². The van der Waals surface area contributed by atoms with Crippen molar-refractivity contribution >= 4 is 51.9 Å². The van der Waals surface area contributed by atoms with Crippen molar-refractivity contribution in [3.05, 3.63) is 121 Å². The lowest BCUT2D eigenvalue weighted by molar-refractivity contribution is -0.112. The van der Waals surface area contributed by atoms with E-state index in [1.807, 2.05) is 49.4 Å². The van der Waals surface area contributed by atoms with Crippen LogP contribution in [0.3, 0.4) is 0 Å². The second-order valence-electron chi connectivity index (χ2n) is 9.53. The van der Waals surface area contributed by atoms with Gasteiger partial charge in [0, 0.05) is 10.7 Å². The van der Waals surface area contributed by atoms with Crippen LogP contribution in [0.15, 0.2) is 84.4 Å². The number of hydrogen-bond acceptors (Lipinski definition) is 5. The predicted octanol–water partition coefficient (Wildman–Crippen LogP) is 8.66. The van der Waals surface area contributed by atoms with Gasteiger partial charge in [0.1, 0.15) is 30.6 Å². The fourth-order valence-electron chi connectivity index (χ4n) is 4.02. The molecular weight excluding hydrogens is 663 g/mol. The third-order valence-corrected chi connectivity index (χ3v) is 7.45. The van der Waals surface area contributed by atoms with Gasteiger partial charge in [-0.3, -0.25) is 4.79 Å². The fraction of sp³-hybridized carbons (Fsp3) is 0.176. The second kappa shape index (κ2) is 14.8. The summed E-state index contributed by atoms with van der Waals surface area (Å²) in [5, 5.41) is 13.2. The average molecular weight is 693 g/mol. The van der Waals surface area contributed by atoms with Gasteiger partial charge in [0.25, 0.3) is 5.91 Å². The van der Waals surface area contributed by atoms with Gasteiger partial charge in [-0.15, -0.1) is 0 Å². The first kappa shape index (κ1) is 30.9. The van der Waals surface area contributed by atoms with E-state index in [1.54, 1.807) is 30.3 Å². The summed E-state index contributed by atoms with van der Waals surface area (Å²) in [6, 6.07) is 26.3. The quantitative estimate of drug-likeness (QED) is 0.0967. The van der Waals surface area contributed by atoms with Gasteiger partial charge >= 0.3 is 0 Å². The van der Waals surface area contributed by atoms with Gasteiger partial charge in [-0.1, -0.05) is 41.9 Å². The van der Waals surface area contributed by atoms with Crippen LogP contribution in [0.2, 0.25) is 5.02 Å². The number of nitrogens with zero attached hydrogens (tertiary/aromatic N) is 1. The summed E-state index contributed by atoms with van der Waals surface area (Å²) in [4.78, 5) is 12.9. The van der Waals surface area contributed by atoms with Crippen molar-refractivity contribution in [2.24, 2.45) is 0 Å². The molecule has 0 saturated heterocycles. The third kappa shape index (κ3) is 8.51. The minimum atomic E-state index is -0.518. The highest BCUT2D eigenvalue weighted by atomic mass is 127. The van der Waals surface area contributed by atoms with Gasteiger partial charge in [-0.05, 0) is 126 Å². The lowest BCUT2D eigenvalue weighted by Crippen LogP contribution is -2.13. The number of nitriles is 1. The molecule has 6 nitrogen and oxygen atoms in total. The van der Waals surface area contributed by atoms with Crippen molar-refractivity contribution < 1.29 is 19.0 Å². The molecule has 1 amide bonds. The van der Waals surface area contributed by atoms with Crippen LogP contribution in [-0.4, -0.2) is 12.5 Å².